The molecule has 5 nitrogen and oxygen atoms in total. The number of ketones is 1. The molecule has 7 heteroatoms. The Morgan fingerprint density at radius 1 is 1.12 bits per heavy atom. The highest BCUT2D eigenvalue weighted by Crippen LogP contribution is 2.53. The van der Waals surface area contributed by atoms with Crippen LogP contribution < -0.4 is 10.6 Å². The fourth-order valence-corrected chi connectivity index (χ4v) is 7.06. The van der Waals surface area contributed by atoms with Gasteiger partial charge in [-0.15, -0.1) is 22.7 Å². The number of hydrogen-bond donors (Lipinski definition) is 1. The molecule has 2 N–H and O–H groups in total. The second kappa shape index (κ2) is 7.55. The number of allylic oxidation sites excluding steroid dienone is 3. The van der Waals surface area contributed by atoms with E-state index in [1.54, 1.807) is 22.7 Å². The first-order valence-corrected chi connectivity index (χ1v) is 12.6. The minimum Gasteiger partial charge on any atom is -0.383 e. The summed E-state index contributed by atoms with van der Waals surface area (Å²) in [4.78, 5) is 22.8. The number of fused-ring (bicyclic) bond motifs is 4. The lowest BCUT2D eigenvalue weighted by Crippen LogP contribution is -2.40. The smallest absolute Gasteiger partial charge is 0.162 e. The van der Waals surface area contributed by atoms with E-state index in [1.807, 2.05) is 53.6 Å². The molecule has 6 rings (SSSR count). The largest absolute Gasteiger partial charge is 0.383 e. The number of amidine groups is 1. The zero-order valence-corrected chi connectivity index (χ0v) is 19.5. The number of carbonyl (C=O) groups excluding carboxylic acids is 1. The molecule has 0 bridgehead atoms. The summed E-state index contributed by atoms with van der Waals surface area (Å²) in [5.74, 6) is 0.757. The van der Waals surface area contributed by atoms with Crippen LogP contribution in [0.3, 0.4) is 0 Å². The summed E-state index contributed by atoms with van der Waals surface area (Å²) in [5.41, 5.74) is 11.3. The average molecular weight is 469 g/mol. The van der Waals surface area contributed by atoms with Crippen LogP contribution in [-0.4, -0.2) is 11.6 Å². The van der Waals surface area contributed by atoms with Crippen LogP contribution in [0, 0.1) is 18.3 Å². The van der Waals surface area contributed by atoms with E-state index in [9.17, 15) is 10.1 Å². The van der Waals surface area contributed by atoms with Gasteiger partial charge >= 0.3 is 0 Å². The standard InChI is InChI=1S/C26H20N4OS2/c1-14-8-10-33-24(14)22-17(13-27)26-29-25(28)16-5-2-3-6-18(16)30(26)19-11-15(12-20(31)23(19)22)21-7-4-9-32-21/h2-10,15,22H,11-12H2,1H3,(H2,28,29). The van der Waals surface area contributed by atoms with Crippen LogP contribution in [0.15, 0.2) is 80.9 Å². The van der Waals surface area contributed by atoms with Crippen LogP contribution in [0.1, 0.15) is 45.6 Å². The van der Waals surface area contributed by atoms with Crippen molar-refractivity contribution in [3.05, 3.63) is 96.8 Å². The zero-order chi connectivity index (χ0) is 22.7. The fraction of sp³-hybridized carbons (Fsp3) is 0.192. The molecular weight excluding hydrogens is 448 g/mol. The summed E-state index contributed by atoms with van der Waals surface area (Å²) in [7, 11) is 0. The highest BCUT2D eigenvalue weighted by atomic mass is 32.1. The number of thiophene rings is 2. The fourth-order valence-electron chi connectivity index (χ4n) is 5.18. The van der Waals surface area contributed by atoms with Crippen LogP contribution in [0.5, 0.6) is 0 Å². The number of benzene rings is 1. The number of hydrogen-bond acceptors (Lipinski definition) is 7. The van der Waals surface area contributed by atoms with Gasteiger partial charge < -0.3 is 5.73 Å². The molecule has 4 heterocycles. The van der Waals surface area contributed by atoms with Crippen molar-refractivity contribution in [3.8, 4) is 6.07 Å². The molecule has 2 atom stereocenters. The van der Waals surface area contributed by atoms with E-state index >= 15 is 0 Å². The molecule has 1 aliphatic carbocycles. The van der Waals surface area contributed by atoms with Gasteiger partial charge in [-0.1, -0.05) is 18.2 Å². The van der Waals surface area contributed by atoms with Crippen molar-refractivity contribution in [2.75, 3.05) is 4.90 Å². The van der Waals surface area contributed by atoms with Crippen LogP contribution in [-0.2, 0) is 4.79 Å². The quantitative estimate of drug-likeness (QED) is 0.532. The summed E-state index contributed by atoms with van der Waals surface area (Å²) in [6.07, 6.45) is 1.17. The zero-order valence-electron chi connectivity index (χ0n) is 17.9. The minimum absolute atomic E-state index is 0.110. The van der Waals surface area contributed by atoms with Gasteiger partial charge in [0.2, 0.25) is 0 Å². The molecule has 0 spiro atoms. The van der Waals surface area contributed by atoms with E-state index in [-0.39, 0.29) is 11.7 Å². The van der Waals surface area contributed by atoms with Crippen molar-refractivity contribution >= 4 is 40.0 Å². The van der Waals surface area contributed by atoms with Gasteiger partial charge in [-0.25, -0.2) is 4.99 Å². The lowest BCUT2D eigenvalue weighted by atomic mass is 9.74. The van der Waals surface area contributed by atoms with Crippen LogP contribution >= 0.6 is 22.7 Å². The molecule has 1 aromatic carbocycles. The predicted octanol–water partition coefficient (Wildman–Crippen LogP) is 5.58. The summed E-state index contributed by atoms with van der Waals surface area (Å²) < 4.78 is 0. The first-order valence-electron chi connectivity index (χ1n) is 10.8. The Balaban J connectivity index is 1.64. The molecule has 2 unspecified atom stereocenters. The first kappa shape index (κ1) is 20.2. The molecule has 0 saturated heterocycles. The van der Waals surface area contributed by atoms with Gasteiger partial charge in [-0.05, 0) is 53.9 Å². The second-order valence-corrected chi connectivity index (χ2v) is 10.4. The third-order valence-electron chi connectivity index (χ3n) is 6.66. The van der Waals surface area contributed by atoms with Crippen molar-refractivity contribution < 1.29 is 4.79 Å². The highest BCUT2D eigenvalue weighted by molar-refractivity contribution is 7.10. The SMILES string of the molecule is Cc1ccsc1C1C(C#N)=C2N=C(N)c3ccccc3N2C2=C1C(=O)CC(c1cccs1)C2. The van der Waals surface area contributed by atoms with Crippen LogP contribution in [0.2, 0.25) is 0 Å². The normalized spacial score (nSPS) is 21.9. The van der Waals surface area contributed by atoms with E-state index in [0.717, 1.165) is 33.0 Å². The first-order chi connectivity index (χ1) is 16.1. The van der Waals surface area contributed by atoms with Gasteiger partial charge in [-0.2, -0.15) is 5.26 Å². The Morgan fingerprint density at radius 2 is 1.97 bits per heavy atom. The van der Waals surface area contributed by atoms with E-state index in [4.69, 9.17) is 10.7 Å². The van der Waals surface area contributed by atoms with Crippen LogP contribution in [0.25, 0.3) is 0 Å². The number of anilines is 1. The third kappa shape index (κ3) is 2.95. The minimum atomic E-state index is -0.408. The topological polar surface area (TPSA) is 82.5 Å². The number of aryl methyl sites for hydroxylation is 1. The monoisotopic (exact) mass is 468 g/mol. The number of Topliss-reactive ketones (excluding diaryl/α,β-unsaturated/α-hetero) is 1. The second-order valence-electron chi connectivity index (χ2n) is 8.50. The lowest BCUT2D eigenvalue weighted by molar-refractivity contribution is -0.116. The number of nitrogens with two attached hydrogens (primary N) is 1. The molecule has 0 fully saturated rings. The maximum absolute atomic E-state index is 13.8. The third-order valence-corrected chi connectivity index (χ3v) is 8.78. The lowest BCUT2D eigenvalue weighted by Gasteiger charge is -2.43. The number of rotatable bonds is 2. The van der Waals surface area contributed by atoms with Crippen LogP contribution in [0.4, 0.5) is 5.69 Å². The van der Waals surface area contributed by atoms with Gasteiger partial charge in [0.25, 0.3) is 0 Å². The molecule has 2 aliphatic heterocycles. The number of para-hydroxylation sites is 1. The Kier molecular flexibility index (Phi) is 4.61. The molecule has 0 amide bonds. The average Bonchev–Trinajstić information content (AvgIpc) is 3.50. The summed E-state index contributed by atoms with van der Waals surface area (Å²) in [5, 5.41) is 14.4. The predicted molar refractivity (Wildman–Crippen MR) is 132 cm³/mol. The Labute approximate surface area is 199 Å². The van der Waals surface area contributed by atoms with E-state index in [1.165, 1.54) is 4.88 Å². The van der Waals surface area contributed by atoms with E-state index in [0.29, 0.717) is 30.1 Å². The highest BCUT2D eigenvalue weighted by Gasteiger charge is 2.45. The molecule has 33 heavy (non-hydrogen) atoms. The van der Waals surface area contributed by atoms with Crippen molar-refractivity contribution in [2.24, 2.45) is 10.7 Å². The van der Waals surface area contributed by atoms with Crippen molar-refractivity contribution in [1.29, 1.82) is 5.26 Å². The molecule has 0 saturated carbocycles. The summed E-state index contributed by atoms with van der Waals surface area (Å²) >= 11 is 3.28. The Hall–Kier alpha value is -3.47. The maximum atomic E-state index is 13.8. The number of carbonyl (C=O) groups is 1. The molecule has 2 aromatic heterocycles. The van der Waals surface area contributed by atoms with Crippen molar-refractivity contribution in [3.63, 3.8) is 0 Å². The van der Waals surface area contributed by atoms with E-state index in [2.05, 4.69) is 17.5 Å². The van der Waals surface area contributed by atoms with E-state index < -0.39 is 5.92 Å². The van der Waals surface area contributed by atoms with Gasteiger partial charge in [0.05, 0.1) is 23.2 Å². The van der Waals surface area contributed by atoms with Gasteiger partial charge in [0.15, 0.2) is 11.6 Å². The van der Waals surface area contributed by atoms with Gasteiger partial charge in [-0.3, -0.25) is 9.69 Å². The Bertz CT molecular complexity index is 1430. The van der Waals surface area contributed by atoms with Gasteiger partial charge in [0.1, 0.15) is 5.84 Å². The van der Waals surface area contributed by atoms with Crippen molar-refractivity contribution in [2.45, 2.75) is 31.6 Å². The molecule has 162 valence electrons. The molecular formula is C26H20N4OS2. The molecule has 0 radical (unpaired) electrons. The van der Waals surface area contributed by atoms with Crippen molar-refractivity contribution in [1.82, 2.24) is 0 Å². The number of aliphatic imine (C=N–C) groups is 1. The Morgan fingerprint density at radius 3 is 2.70 bits per heavy atom. The number of nitriles is 1. The molecule has 3 aromatic rings. The number of nitrogens with zero attached hydrogens (tertiary/aromatic N) is 3. The summed E-state index contributed by atoms with van der Waals surface area (Å²) in [6.45, 7) is 2.04. The molecule has 3 aliphatic rings. The maximum Gasteiger partial charge on any atom is 0.162 e. The van der Waals surface area contributed by atoms with Gasteiger partial charge in [0, 0.05) is 38.9 Å². The summed E-state index contributed by atoms with van der Waals surface area (Å²) in [6, 6.07) is 16.4.